The van der Waals surface area contributed by atoms with E-state index in [-0.39, 0.29) is 5.88 Å². The first-order valence-corrected chi connectivity index (χ1v) is 9.76. The number of rotatable bonds is 7. The van der Waals surface area contributed by atoms with Gasteiger partial charge in [-0.25, -0.2) is 0 Å². The number of methoxy groups -OCH3 is 1. The summed E-state index contributed by atoms with van der Waals surface area (Å²) in [6, 6.07) is 20.2. The third-order valence-electron chi connectivity index (χ3n) is 4.19. The number of nitro groups is 1. The second kappa shape index (κ2) is 8.66. The number of nitrogens with zero attached hydrogens (tertiary/aromatic N) is 4. The molecule has 9 heteroatoms. The number of ether oxygens (including phenoxy) is 1. The molecule has 0 aliphatic heterocycles. The fourth-order valence-electron chi connectivity index (χ4n) is 2.78. The second-order valence-corrected chi connectivity index (χ2v) is 6.93. The summed E-state index contributed by atoms with van der Waals surface area (Å²) in [5.74, 6) is 1.53. The van der Waals surface area contributed by atoms with E-state index in [1.54, 1.807) is 24.7 Å². The zero-order valence-corrected chi connectivity index (χ0v) is 16.7. The SMILES string of the molecule is COc1ccc(-c2nnc(S/C=C/c3ccc([N+](=O)[O-])o3)n2-c2ccccc2)cc1. The Balaban J connectivity index is 1.66. The Bertz CT molecular complexity index is 1180. The molecular weight excluding hydrogens is 404 g/mol. The molecule has 4 aromatic rings. The lowest BCUT2D eigenvalue weighted by atomic mass is 10.2. The van der Waals surface area contributed by atoms with Gasteiger partial charge in [0.15, 0.2) is 11.0 Å². The van der Waals surface area contributed by atoms with Gasteiger partial charge in [0, 0.05) is 11.3 Å². The van der Waals surface area contributed by atoms with E-state index in [0.717, 1.165) is 17.0 Å². The highest BCUT2D eigenvalue weighted by Gasteiger charge is 2.16. The van der Waals surface area contributed by atoms with Crippen molar-refractivity contribution in [2.75, 3.05) is 7.11 Å². The predicted octanol–water partition coefficient (Wildman–Crippen LogP) is 5.21. The van der Waals surface area contributed by atoms with E-state index < -0.39 is 4.92 Å². The van der Waals surface area contributed by atoms with Crippen molar-refractivity contribution in [2.24, 2.45) is 0 Å². The molecule has 0 aliphatic rings. The van der Waals surface area contributed by atoms with E-state index in [2.05, 4.69) is 10.2 Å². The van der Waals surface area contributed by atoms with Gasteiger partial charge in [0.05, 0.1) is 13.2 Å². The molecule has 0 amide bonds. The van der Waals surface area contributed by atoms with Crippen LogP contribution in [0.15, 0.2) is 81.7 Å². The zero-order valence-electron chi connectivity index (χ0n) is 15.8. The number of thioether (sulfide) groups is 1. The van der Waals surface area contributed by atoms with Crippen molar-refractivity contribution in [3.8, 4) is 22.8 Å². The molecule has 150 valence electrons. The summed E-state index contributed by atoms with van der Waals surface area (Å²) in [5, 5.41) is 21.8. The van der Waals surface area contributed by atoms with E-state index in [0.29, 0.717) is 16.7 Å². The number of hydrogen-bond donors (Lipinski definition) is 0. The molecule has 0 saturated heterocycles. The maximum absolute atomic E-state index is 10.7. The smallest absolute Gasteiger partial charge is 0.433 e. The maximum atomic E-state index is 10.7. The second-order valence-electron chi connectivity index (χ2n) is 6.06. The summed E-state index contributed by atoms with van der Waals surface area (Å²) in [5.41, 5.74) is 1.81. The highest BCUT2D eigenvalue weighted by atomic mass is 32.2. The normalized spacial score (nSPS) is 11.1. The number of aromatic nitrogens is 3. The summed E-state index contributed by atoms with van der Waals surface area (Å²) in [6.07, 6.45) is 1.65. The first-order valence-electron chi connectivity index (χ1n) is 8.88. The van der Waals surface area contributed by atoms with Crippen molar-refractivity contribution in [2.45, 2.75) is 5.16 Å². The van der Waals surface area contributed by atoms with Gasteiger partial charge >= 0.3 is 5.88 Å². The fraction of sp³-hybridized carbons (Fsp3) is 0.0476. The molecule has 0 saturated carbocycles. The predicted molar refractivity (Wildman–Crippen MR) is 114 cm³/mol. The number of hydrogen-bond acceptors (Lipinski definition) is 7. The number of benzene rings is 2. The van der Waals surface area contributed by atoms with Gasteiger partial charge in [-0.3, -0.25) is 14.7 Å². The molecule has 8 nitrogen and oxygen atoms in total. The molecule has 0 atom stereocenters. The lowest BCUT2D eigenvalue weighted by Crippen LogP contribution is -1.98. The van der Waals surface area contributed by atoms with Crippen LogP contribution < -0.4 is 4.74 Å². The molecule has 2 aromatic heterocycles. The van der Waals surface area contributed by atoms with E-state index in [9.17, 15) is 10.1 Å². The minimum Gasteiger partial charge on any atom is -0.497 e. The summed E-state index contributed by atoms with van der Waals surface area (Å²) >= 11 is 1.33. The van der Waals surface area contributed by atoms with E-state index in [1.165, 1.54) is 17.8 Å². The van der Waals surface area contributed by atoms with Crippen LogP contribution in [-0.4, -0.2) is 26.8 Å². The molecule has 0 aliphatic carbocycles. The molecule has 0 fully saturated rings. The van der Waals surface area contributed by atoms with E-state index in [4.69, 9.17) is 9.15 Å². The van der Waals surface area contributed by atoms with Crippen molar-refractivity contribution in [1.29, 1.82) is 0 Å². The Morgan fingerprint density at radius 2 is 1.83 bits per heavy atom. The van der Waals surface area contributed by atoms with E-state index >= 15 is 0 Å². The lowest BCUT2D eigenvalue weighted by molar-refractivity contribution is -0.402. The van der Waals surface area contributed by atoms with Crippen molar-refractivity contribution in [3.63, 3.8) is 0 Å². The summed E-state index contributed by atoms with van der Waals surface area (Å²) in [6.45, 7) is 0. The van der Waals surface area contributed by atoms with Gasteiger partial charge in [-0.15, -0.1) is 10.2 Å². The molecule has 0 unspecified atom stereocenters. The van der Waals surface area contributed by atoms with Crippen LogP contribution in [0.25, 0.3) is 23.2 Å². The molecule has 2 aromatic carbocycles. The Morgan fingerprint density at radius 1 is 1.07 bits per heavy atom. The topological polar surface area (TPSA) is 96.2 Å². The minimum atomic E-state index is -0.572. The van der Waals surface area contributed by atoms with Crippen molar-refractivity contribution < 1.29 is 14.1 Å². The van der Waals surface area contributed by atoms with Gasteiger partial charge < -0.3 is 9.15 Å². The first kappa shape index (κ1) is 19.5. The average molecular weight is 420 g/mol. The van der Waals surface area contributed by atoms with Gasteiger partial charge in [-0.2, -0.15) is 0 Å². The third-order valence-corrected chi connectivity index (χ3v) is 4.94. The number of para-hydroxylation sites is 1. The minimum absolute atomic E-state index is 0.297. The fourth-order valence-corrected chi connectivity index (χ4v) is 3.48. The molecule has 0 radical (unpaired) electrons. The molecule has 0 N–H and O–H groups in total. The average Bonchev–Trinajstić information content (AvgIpc) is 3.42. The summed E-state index contributed by atoms with van der Waals surface area (Å²) < 4.78 is 12.3. The zero-order chi connectivity index (χ0) is 20.9. The van der Waals surface area contributed by atoms with Gasteiger partial charge in [0.2, 0.25) is 0 Å². The first-order chi connectivity index (χ1) is 14.7. The Hall–Kier alpha value is -3.85. The van der Waals surface area contributed by atoms with Crippen molar-refractivity contribution >= 4 is 23.7 Å². The van der Waals surface area contributed by atoms with Crippen LogP contribution in [0, 0.1) is 10.1 Å². The highest BCUT2D eigenvalue weighted by Crippen LogP contribution is 2.30. The largest absolute Gasteiger partial charge is 0.497 e. The van der Waals surface area contributed by atoms with Crippen LogP contribution in [0.5, 0.6) is 5.75 Å². The highest BCUT2D eigenvalue weighted by molar-refractivity contribution is 8.02. The van der Waals surface area contributed by atoms with Crippen molar-refractivity contribution in [3.05, 3.63) is 88.0 Å². The van der Waals surface area contributed by atoms with Gasteiger partial charge in [0.1, 0.15) is 16.4 Å². The van der Waals surface area contributed by atoms with Crippen molar-refractivity contribution in [1.82, 2.24) is 14.8 Å². The Labute approximate surface area is 176 Å². The van der Waals surface area contributed by atoms with Crippen LogP contribution >= 0.6 is 11.8 Å². The maximum Gasteiger partial charge on any atom is 0.433 e. The molecule has 30 heavy (non-hydrogen) atoms. The quantitative estimate of drug-likeness (QED) is 0.230. The molecule has 2 heterocycles. The van der Waals surface area contributed by atoms with Crippen LogP contribution in [0.4, 0.5) is 5.88 Å². The Morgan fingerprint density at radius 3 is 2.50 bits per heavy atom. The lowest BCUT2D eigenvalue weighted by Gasteiger charge is -2.09. The standard InChI is InChI=1S/C21H16N4O4S/c1-28-17-9-7-15(8-10-17)20-22-23-21(24(20)16-5-3-2-4-6-16)30-14-13-18-11-12-19(29-18)25(26)27/h2-14H,1H3/b14-13+. The van der Waals surface area contributed by atoms with Crippen LogP contribution in [0.3, 0.4) is 0 Å². The van der Waals surface area contributed by atoms with Crippen LogP contribution in [-0.2, 0) is 0 Å². The van der Waals surface area contributed by atoms with Gasteiger partial charge in [-0.1, -0.05) is 30.0 Å². The molecular formula is C21H16N4O4S. The van der Waals surface area contributed by atoms with Crippen LogP contribution in [0.1, 0.15) is 5.76 Å². The number of furan rings is 1. The summed E-state index contributed by atoms with van der Waals surface area (Å²) in [7, 11) is 1.62. The Kier molecular flexibility index (Phi) is 5.62. The van der Waals surface area contributed by atoms with Gasteiger partial charge in [0.25, 0.3) is 0 Å². The molecule has 0 spiro atoms. The summed E-state index contributed by atoms with van der Waals surface area (Å²) in [4.78, 5) is 10.2. The third kappa shape index (κ3) is 4.11. The monoisotopic (exact) mass is 420 g/mol. The molecule has 4 rings (SSSR count). The van der Waals surface area contributed by atoms with E-state index in [1.807, 2.05) is 59.2 Å². The molecule has 0 bridgehead atoms. The van der Waals surface area contributed by atoms with Gasteiger partial charge in [-0.05, 0) is 53.9 Å². The van der Waals surface area contributed by atoms with Crippen LogP contribution in [0.2, 0.25) is 0 Å².